The van der Waals surface area contributed by atoms with Gasteiger partial charge in [-0.1, -0.05) is 106 Å². The van der Waals surface area contributed by atoms with Gasteiger partial charge in [0.05, 0.1) is 18.3 Å². The van der Waals surface area contributed by atoms with Crippen LogP contribution in [0.1, 0.15) is 108 Å². The molecule has 35 nitrogen and oxygen atoms in total. The fourth-order valence-electron chi connectivity index (χ4n) is 12.9. The number of hydrogen-bond acceptors (Lipinski definition) is 23. The maximum absolute atomic E-state index is 15.5. The number of aliphatic hydroxyl groups excluding tert-OH is 1. The van der Waals surface area contributed by atoms with Gasteiger partial charge in [-0.15, -0.1) is 10.2 Å². The van der Waals surface area contributed by atoms with Crippen LogP contribution in [0, 0.1) is 5.92 Å². The highest BCUT2D eigenvalue weighted by Gasteiger charge is 2.40. The van der Waals surface area contributed by atoms with Crippen molar-refractivity contribution in [2.24, 2.45) is 11.7 Å². The molecule has 0 saturated carbocycles. The maximum atomic E-state index is 15.5. The lowest BCUT2D eigenvalue weighted by atomic mass is 9.99. The number of benzene rings is 4. The van der Waals surface area contributed by atoms with Crippen LogP contribution in [0.25, 0.3) is 10.9 Å². The molecule has 4 aromatic carbocycles. The Morgan fingerprint density at radius 1 is 0.535 bits per heavy atom. The average molecular weight is 1590 g/mol. The zero-order chi connectivity index (χ0) is 82.0. The minimum Gasteiger partial charge on any atom is -0.394 e. The Labute approximate surface area is 664 Å². The molecule has 1 aliphatic heterocycles. The van der Waals surface area contributed by atoms with E-state index in [1.165, 1.54) is 24.2 Å². The molecule has 1 saturated heterocycles. The van der Waals surface area contributed by atoms with Crippen molar-refractivity contribution in [3.8, 4) is 0 Å². The van der Waals surface area contributed by atoms with Crippen molar-refractivity contribution >= 4 is 117 Å². The molecule has 21 N–H and O–H groups in total. The van der Waals surface area contributed by atoms with Crippen LogP contribution in [0.4, 0.5) is 35.2 Å². The summed E-state index contributed by atoms with van der Waals surface area (Å²) in [5.41, 5.74) is 21.5. The summed E-state index contributed by atoms with van der Waals surface area (Å²) < 4.78 is 0. The lowest BCUT2D eigenvalue weighted by Crippen LogP contribution is -2.62. The third kappa shape index (κ3) is 26.5. The number of nitrogen functional groups attached to an aromatic ring is 2. The van der Waals surface area contributed by atoms with Crippen molar-refractivity contribution in [2.45, 2.75) is 179 Å². The minimum atomic E-state index is -1.85. The quantitative estimate of drug-likeness (QED) is 0.0193. The van der Waals surface area contributed by atoms with Crippen LogP contribution in [0.15, 0.2) is 134 Å². The second-order valence-corrected chi connectivity index (χ2v) is 29.3. The highest BCUT2D eigenvalue weighted by molar-refractivity contribution is 6.30. The minimum absolute atomic E-state index is 0.0488. The van der Waals surface area contributed by atoms with E-state index in [2.05, 4.69) is 99.1 Å². The summed E-state index contributed by atoms with van der Waals surface area (Å²) in [4.78, 5) is 165. The van der Waals surface area contributed by atoms with Crippen molar-refractivity contribution in [2.75, 3.05) is 41.8 Å². The molecule has 10 amide bonds. The van der Waals surface area contributed by atoms with Gasteiger partial charge >= 0.3 is 0 Å². The van der Waals surface area contributed by atoms with Gasteiger partial charge in [0.1, 0.15) is 54.4 Å². The Kier molecular flexibility index (Phi) is 31.5. The van der Waals surface area contributed by atoms with E-state index in [1.807, 2.05) is 52.0 Å². The van der Waals surface area contributed by atoms with Crippen LogP contribution in [0.3, 0.4) is 0 Å². The van der Waals surface area contributed by atoms with E-state index in [9.17, 15) is 38.7 Å². The standard InChI is InChI=1S/C78H101ClN24O11/c1-43(2)35-58(66(106)90-57(16-9-10-33-84-44(3)4)74(114)103-34-12-17-65(103)73(113)85-45(5)80)91-67(107)60(37-48-20-27-53(28-21-48)88-77-97-75(81)99-101-77)92-69(109)61(38-49-22-29-54(30-23-49)89-78-98-76(82)100-102-78)95-72(112)64(42-104)96-70(110)62(39-50-13-11-32-83-41-50)94-68(108)59(36-47-18-25-52(79)26-19-47)93-71(111)63(86-46(6)105)40-55-31-24-51-14-7-8-15-56(51)87-55/h7-8,11,13-15,18-32,41,43-45,57-65,84,104H,9-10,12,16-17,33-40,42,80H2,1-6H3,(H,85,113)(H,86,105)(H,90,106)(H,91,107)(H,92,109)(H,93,111)(H,94,108)(H,95,112)(H,96,110)(H4,81,88,97,99,101)(H4,82,89,98,100,102)/t45-,57+,58+,59-,60-,61+,62-,63-,64+,65+/m1/s1. The second-order valence-electron chi connectivity index (χ2n) is 28.8. The molecule has 0 spiro atoms. The lowest BCUT2D eigenvalue weighted by Gasteiger charge is -2.31. The Hall–Kier alpha value is -12.2. The van der Waals surface area contributed by atoms with Crippen LogP contribution < -0.4 is 81.0 Å². The van der Waals surface area contributed by atoms with Gasteiger partial charge in [0.25, 0.3) is 0 Å². The van der Waals surface area contributed by atoms with Crippen LogP contribution in [0.2, 0.25) is 5.02 Å². The SMILES string of the molecule is CC(=O)N[C@H](Cc1ccc2ccccc2n1)C(=O)N[C@H](Cc1ccc(Cl)cc1)C(=O)N[C@H](Cc1cccnc1)C(=O)N[C@@H](CO)C(=O)N[C@@H](Cc1ccc(Nc2n[nH]c(N)n2)cc1)C(=O)N[C@H](Cc1ccc(Nc2n[nH]c(N)n2)cc1)C(=O)N[C@@H](CC(C)C)C(=O)N[C@@H](CCCCNC(C)C)C(=O)N1CCC[C@H]1C(=O)N[C@H](C)N. The number of likely N-dealkylation sites (tertiary alicyclic amines) is 1. The number of aliphatic hydroxyl groups is 1. The number of amides is 10. The van der Waals surface area contributed by atoms with Crippen molar-refractivity contribution < 1.29 is 53.1 Å². The number of halogens is 1. The first-order valence-electron chi connectivity index (χ1n) is 37.8. The molecule has 114 heavy (non-hydrogen) atoms. The molecule has 0 radical (unpaired) electrons. The number of para-hydroxylation sites is 1. The summed E-state index contributed by atoms with van der Waals surface area (Å²) in [7, 11) is 0. The number of carbonyl (C=O) groups excluding carboxylic acids is 10. The number of anilines is 6. The van der Waals surface area contributed by atoms with Gasteiger partial charge in [0.15, 0.2) is 0 Å². The molecule has 1 aliphatic rings. The molecule has 9 rings (SSSR count). The Morgan fingerprint density at radius 2 is 1.02 bits per heavy atom. The van der Waals surface area contributed by atoms with Gasteiger partial charge in [-0.3, -0.25) is 57.9 Å². The highest BCUT2D eigenvalue weighted by Crippen LogP contribution is 2.24. The number of aromatic nitrogens is 8. The van der Waals surface area contributed by atoms with Gasteiger partial charge < -0.3 is 91.0 Å². The number of hydrogen-bond donors (Lipinski definition) is 18. The summed E-state index contributed by atoms with van der Waals surface area (Å²) >= 11 is 6.28. The Balaban J connectivity index is 1.00. The summed E-state index contributed by atoms with van der Waals surface area (Å²) in [5.74, 6) is -7.54. The van der Waals surface area contributed by atoms with Crippen LogP contribution in [-0.4, -0.2) is 196 Å². The summed E-state index contributed by atoms with van der Waals surface area (Å²) in [6.45, 7) is 10.4. The van der Waals surface area contributed by atoms with E-state index in [0.29, 0.717) is 82.1 Å². The Morgan fingerprint density at radius 3 is 1.50 bits per heavy atom. The smallest absolute Gasteiger partial charge is 0.248 e. The molecule has 4 aromatic heterocycles. The maximum Gasteiger partial charge on any atom is 0.248 e. The summed E-state index contributed by atoms with van der Waals surface area (Å²) in [6, 6.07) is 21.5. The number of H-pyrrole nitrogens is 2. The fraction of sp³-hybridized carbons (Fsp3) is 0.410. The third-order valence-electron chi connectivity index (χ3n) is 18.6. The van der Waals surface area contributed by atoms with Crippen LogP contribution >= 0.6 is 11.6 Å². The van der Waals surface area contributed by atoms with E-state index in [1.54, 1.807) is 104 Å². The van der Waals surface area contributed by atoms with Crippen LogP contribution in [0.5, 0.6) is 0 Å². The lowest BCUT2D eigenvalue weighted by molar-refractivity contribution is -0.142. The number of fused-ring (bicyclic) bond motifs is 1. The summed E-state index contributed by atoms with van der Waals surface area (Å²) in [5, 5.41) is 59.7. The number of pyridine rings is 2. The monoisotopic (exact) mass is 1580 g/mol. The summed E-state index contributed by atoms with van der Waals surface area (Å²) in [6.07, 6.45) is 3.51. The van der Waals surface area contributed by atoms with Gasteiger partial charge in [-0.05, 0) is 135 Å². The first kappa shape index (κ1) is 85.8. The highest BCUT2D eigenvalue weighted by atomic mass is 35.5. The molecule has 5 heterocycles. The molecule has 0 unspecified atom stereocenters. The zero-order valence-corrected chi connectivity index (χ0v) is 65.1. The second kappa shape index (κ2) is 41.9. The van der Waals surface area contributed by atoms with E-state index in [0.717, 1.165) is 5.39 Å². The molecular weight excluding hydrogens is 1480 g/mol. The Bertz CT molecular complexity index is 4570. The fourth-order valence-corrected chi connectivity index (χ4v) is 13.0. The van der Waals surface area contributed by atoms with Gasteiger partial charge in [0, 0.05) is 91.5 Å². The molecule has 8 aromatic rings. The number of rotatable bonds is 41. The molecule has 0 aliphatic carbocycles. The van der Waals surface area contributed by atoms with Crippen molar-refractivity contribution in [3.05, 3.63) is 167 Å². The van der Waals surface area contributed by atoms with Crippen molar-refractivity contribution in [1.82, 2.24) is 98.4 Å². The zero-order valence-electron chi connectivity index (χ0n) is 64.3. The number of carbonyl (C=O) groups is 10. The average Bonchev–Trinajstić information content (AvgIpc) is 1.37. The van der Waals surface area contributed by atoms with E-state index >= 15 is 14.4 Å². The molecule has 10 atom stereocenters. The molecule has 606 valence electrons. The normalized spacial score (nSPS) is 15.0. The number of aromatic amines is 2. The topological polar surface area (TPSA) is 526 Å². The van der Waals surface area contributed by atoms with E-state index in [4.69, 9.17) is 33.8 Å². The molecule has 1 fully saturated rings. The number of nitrogens with zero attached hydrogens (tertiary/aromatic N) is 7. The van der Waals surface area contributed by atoms with Crippen molar-refractivity contribution in [3.63, 3.8) is 0 Å². The molecule has 0 bridgehead atoms. The molecule has 36 heteroatoms. The number of unbranched alkanes of at least 4 members (excludes halogenated alkanes) is 1. The van der Waals surface area contributed by atoms with Crippen molar-refractivity contribution in [1.29, 1.82) is 0 Å². The number of nitrogens with two attached hydrogens (primary N) is 3. The van der Waals surface area contributed by atoms with E-state index < -0.39 is 126 Å². The predicted molar refractivity (Wildman–Crippen MR) is 428 cm³/mol. The van der Waals surface area contributed by atoms with Gasteiger partial charge in [0.2, 0.25) is 82.9 Å². The number of nitrogens with one attached hydrogen (secondary N) is 14. The first-order chi connectivity index (χ1) is 54.6. The van der Waals surface area contributed by atoms with Gasteiger partial charge in [-0.25, -0.2) is 10.2 Å². The molecular formula is C78H101ClN24O11. The first-order valence-corrected chi connectivity index (χ1v) is 38.2. The largest absolute Gasteiger partial charge is 0.394 e. The third-order valence-corrected chi connectivity index (χ3v) is 18.8. The van der Waals surface area contributed by atoms with Gasteiger partial charge in [-0.2, -0.15) is 9.97 Å². The van der Waals surface area contributed by atoms with E-state index in [-0.39, 0.29) is 87.2 Å². The van der Waals surface area contributed by atoms with Crippen LogP contribution in [-0.2, 0) is 80.0 Å². The predicted octanol–water partition coefficient (Wildman–Crippen LogP) is 2.20.